The number of fused-ring (bicyclic) bond motifs is 5. The Kier molecular flexibility index (Phi) is 8.68. The molecule has 0 radical (unpaired) electrons. The van der Waals surface area contributed by atoms with Crippen molar-refractivity contribution < 1.29 is 4.79 Å². The summed E-state index contributed by atoms with van der Waals surface area (Å²) >= 11 is 0. The molecule has 4 nitrogen and oxygen atoms in total. The van der Waals surface area contributed by atoms with Gasteiger partial charge in [-0.1, -0.05) is 91.0 Å². The van der Waals surface area contributed by atoms with E-state index in [2.05, 4.69) is 90.4 Å². The number of rotatable bonds is 5. The highest BCUT2D eigenvalue weighted by atomic mass is 16.1. The Morgan fingerprint density at radius 3 is 2.43 bits per heavy atom. The highest BCUT2D eigenvalue weighted by Crippen LogP contribution is 2.29. The van der Waals surface area contributed by atoms with Crippen LogP contribution in [-0.2, 0) is 12.8 Å². The highest BCUT2D eigenvalue weighted by molar-refractivity contribution is 6.25. The molecule has 232 valence electrons. The zero-order valence-corrected chi connectivity index (χ0v) is 26.7. The molecule has 1 heterocycles. The number of Topliss-reactive ketones (excluding diaryl/α,β-unsaturated/α-hetero) is 1. The zero-order valence-electron chi connectivity index (χ0n) is 26.7. The Labute approximate surface area is 276 Å². The fourth-order valence-corrected chi connectivity index (χ4v) is 6.93. The number of aryl methyl sites for hydroxylation is 1. The molecule has 4 N–H and O–H groups in total. The van der Waals surface area contributed by atoms with Crippen LogP contribution in [0.2, 0.25) is 0 Å². The largest absolute Gasteiger partial charge is 0.361 e. The van der Waals surface area contributed by atoms with Crippen molar-refractivity contribution in [3.8, 4) is 0 Å². The number of carbonyl (C=O) groups is 1. The normalized spacial score (nSPS) is 15.3. The van der Waals surface area contributed by atoms with Crippen LogP contribution in [0.5, 0.6) is 0 Å². The number of allylic oxidation sites excluding steroid dienone is 2. The van der Waals surface area contributed by atoms with Gasteiger partial charge in [-0.25, -0.2) is 0 Å². The van der Waals surface area contributed by atoms with Crippen molar-refractivity contribution >= 4 is 40.6 Å². The molecule has 5 aromatic carbocycles. The molecule has 8 rings (SSSR count). The van der Waals surface area contributed by atoms with Gasteiger partial charge in [0.15, 0.2) is 5.78 Å². The summed E-state index contributed by atoms with van der Waals surface area (Å²) < 4.78 is 0. The van der Waals surface area contributed by atoms with Crippen LogP contribution in [-0.4, -0.2) is 12.3 Å². The van der Waals surface area contributed by atoms with Crippen molar-refractivity contribution in [3.05, 3.63) is 176 Å². The first-order valence-electron chi connectivity index (χ1n) is 16.4. The van der Waals surface area contributed by atoms with Gasteiger partial charge in [0.25, 0.3) is 0 Å². The molecule has 0 amide bonds. The van der Waals surface area contributed by atoms with Crippen molar-refractivity contribution in [1.29, 1.82) is 0 Å². The predicted molar refractivity (Wildman–Crippen MR) is 196 cm³/mol. The summed E-state index contributed by atoms with van der Waals surface area (Å²) in [5.74, 6) is 0.168. The lowest BCUT2D eigenvalue weighted by Crippen LogP contribution is -2.34. The third-order valence-electron chi connectivity index (χ3n) is 9.43. The number of para-hydroxylation sites is 2. The number of nitrogens with one attached hydrogen (secondary N) is 2. The van der Waals surface area contributed by atoms with Gasteiger partial charge in [0.05, 0.1) is 0 Å². The first-order chi connectivity index (χ1) is 23.1. The van der Waals surface area contributed by atoms with Gasteiger partial charge in [-0.05, 0) is 118 Å². The number of hydrogen-bond donors (Lipinski definition) is 3. The minimum absolute atomic E-state index is 0.0766. The lowest BCUT2D eigenvalue weighted by molar-refractivity contribution is 0.104. The van der Waals surface area contributed by atoms with Gasteiger partial charge in [-0.2, -0.15) is 0 Å². The molecule has 0 saturated heterocycles. The van der Waals surface area contributed by atoms with Gasteiger partial charge in [-0.15, -0.1) is 0 Å². The number of ketones is 1. The predicted octanol–water partition coefficient (Wildman–Crippen LogP) is 7.56. The number of nitrogens with two attached hydrogens (primary N) is 1. The fourth-order valence-electron chi connectivity index (χ4n) is 6.93. The molecule has 1 unspecified atom stereocenters. The van der Waals surface area contributed by atoms with Gasteiger partial charge < -0.3 is 16.4 Å². The summed E-state index contributed by atoms with van der Waals surface area (Å²) in [6.07, 6.45) is 13.1. The quantitative estimate of drug-likeness (QED) is 0.179. The van der Waals surface area contributed by atoms with Crippen molar-refractivity contribution in [3.63, 3.8) is 0 Å². The summed E-state index contributed by atoms with van der Waals surface area (Å²) in [5, 5.41) is 11.6. The lowest BCUT2D eigenvalue weighted by atomic mass is 9.78. The molecule has 4 heteroatoms. The van der Waals surface area contributed by atoms with Crippen LogP contribution in [0, 0.1) is 23.3 Å². The van der Waals surface area contributed by atoms with Gasteiger partial charge in [-0.3, -0.25) is 4.79 Å². The van der Waals surface area contributed by atoms with E-state index >= 15 is 0 Å². The molecule has 0 bridgehead atoms. The maximum Gasteiger partial charge on any atom is 0.189 e. The molecule has 5 aromatic rings. The minimum atomic E-state index is 0.0766. The van der Waals surface area contributed by atoms with Crippen molar-refractivity contribution in [2.75, 3.05) is 17.2 Å². The summed E-state index contributed by atoms with van der Waals surface area (Å²) in [6.45, 7) is 2.57. The van der Waals surface area contributed by atoms with E-state index in [9.17, 15) is 4.79 Å². The Bertz CT molecular complexity index is 2250. The smallest absolute Gasteiger partial charge is 0.189 e. The molecule has 3 aliphatic rings. The SMILES string of the molecule is C1=CNc2ccccc2C=C1.Cc1ccccc1Nc1ccc(C(=O)C2=c3ccc4c(c3CCC2CN)CC=c2ccccc2=4)cc1. The van der Waals surface area contributed by atoms with Crippen LogP contribution in [0.3, 0.4) is 0 Å². The van der Waals surface area contributed by atoms with Crippen molar-refractivity contribution in [2.24, 2.45) is 11.7 Å². The van der Waals surface area contributed by atoms with Crippen LogP contribution < -0.4 is 26.8 Å². The standard InChI is InChI=1S/C33H30N2O.C10H9N/c1-21-6-2-5-9-31(21)35-25-14-10-23(11-15-25)33(36)32-24(20-34)13-17-29-28-16-12-22-7-3-4-8-26(22)27(28)18-19-30(29)32;1-2-7-10-9(5-1)6-3-4-8-11-10/h2-12,14-15,18-19,24,35H,13,16-17,20,34H2,1H3;1-8,11H. The maximum atomic E-state index is 13.9. The van der Waals surface area contributed by atoms with Gasteiger partial charge in [0.1, 0.15) is 0 Å². The maximum absolute atomic E-state index is 13.9. The lowest BCUT2D eigenvalue weighted by Gasteiger charge is -2.26. The molecular formula is C43H39N3O. The highest BCUT2D eigenvalue weighted by Gasteiger charge is 2.27. The number of anilines is 3. The van der Waals surface area contributed by atoms with Crippen molar-refractivity contribution in [2.45, 2.75) is 26.2 Å². The van der Waals surface area contributed by atoms with Crippen molar-refractivity contribution in [1.82, 2.24) is 0 Å². The minimum Gasteiger partial charge on any atom is -0.361 e. The molecule has 2 aliphatic carbocycles. The second-order valence-corrected chi connectivity index (χ2v) is 12.3. The number of benzene rings is 5. The van der Waals surface area contributed by atoms with Crippen LogP contribution in [0.4, 0.5) is 17.1 Å². The third kappa shape index (κ3) is 6.20. The van der Waals surface area contributed by atoms with Crippen LogP contribution in [0.1, 0.15) is 39.0 Å². The average Bonchev–Trinajstić information content (AvgIpc) is 3.38. The molecule has 1 atom stereocenters. The molecule has 0 saturated carbocycles. The van der Waals surface area contributed by atoms with Gasteiger partial charge >= 0.3 is 0 Å². The Hall–Kier alpha value is -5.45. The molecular weight excluding hydrogens is 574 g/mol. The Morgan fingerprint density at radius 1 is 0.809 bits per heavy atom. The molecule has 0 fully saturated rings. The van der Waals surface area contributed by atoms with E-state index in [0.29, 0.717) is 12.1 Å². The van der Waals surface area contributed by atoms with Gasteiger partial charge in [0, 0.05) is 40.3 Å². The summed E-state index contributed by atoms with van der Waals surface area (Å²) in [7, 11) is 0. The third-order valence-corrected chi connectivity index (χ3v) is 9.43. The van der Waals surface area contributed by atoms with E-state index in [-0.39, 0.29) is 11.7 Å². The summed E-state index contributed by atoms with van der Waals surface area (Å²) in [6, 6.07) is 37.2. The number of carbonyl (C=O) groups excluding carboxylic acids is 1. The molecule has 1 aliphatic heterocycles. The first-order valence-corrected chi connectivity index (χ1v) is 16.4. The van der Waals surface area contributed by atoms with Crippen LogP contribution in [0.25, 0.3) is 17.7 Å². The van der Waals surface area contributed by atoms with E-state index in [1.54, 1.807) is 0 Å². The Morgan fingerprint density at radius 2 is 1.57 bits per heavy atom. The van der Waals surface area contributed by atoms with E-state index in [4.69, 9.17) is 5.73 Å². The summed E-state index contributed by atoms with van der Waals surface area (Å²) in [5.41, 5.74) is 16.1. The zero-order chi connectivity index (χ0) is 32.2. The first kappa shape index (κ1) is 30.2. The van der Waals surface area contributed by atoms with E-state index in [0.717, 1.165) is 47.1 Å². The average molecular weight is 614 g/mol. The summed E-state index contributed by atoms with van der Waals surface area (Å²) in [4.78, 5) is 13.9. The fraction of sp³-hybridized carbons (Fsp3) is 0.140. The number of hydrogen-bond acceptors (Lipinski definition) is 4. The van der Waals surface area contributed by atoms with Crippen LogP contribution >= 0.6 is 0 Å². The molecule has 0 spiro atoms. The topological polar surface area (TPSA) is 67.1 Å². The molecule has 47 heavy (non-hydrogen) atoms. The monoisotopic (exact) mass is 613 g/mol. The Balaban J connectivity index is 0.000000269. The van der Waals surface area contributed by atoms with Gasteiger partial charge in [0.2, 0.25) is 0 Å². The van der Waals surface area contributed by atoms with E-state index < -0.39 is 0 Å². The second-order valence-electron chi connectivity index (χ2n) is 12.3. The second kappa shape index (κ2) is 13.5. The molecule has 0 aromatic heterocycles. The van der Waals surface area contributed by atoms with E-state index in [1.807, 2.05) is 66.9 Å². The van der Waals surface area contributed by atoms with Crippen LogP contribution in [0.15, 0.2) is 128 Å². The van der Waals surface area contributed by atoms with E-state index in [1.165, 1.54) is 37.9 Å².